The van der Waals surface area contributed by atoms with E-state index in [1.807, 2.05) is 36.4 Å². The van der Waals surface area contributed by atoms with E-state index in [9.17, 15) is 0 Å². The number of para-hydroxylation sites is 4. The molecule has 0 amide bonds. The average Bonchev–Trinajstić information content (AvgIpc) is 3.53. The highest BCUT2D eigenvalue weighted by Crippen LogP contribution is 2.48. The van der Waals surface area contributed by atoms with E-state index in [1.54, 1.807) is 0 Å². The summed E-state index contributed by atoms with van der Waals surface area (Å²) >= 11 is 0. The van der Waals surface area contributed by atoms with Gasteiger partial charge in [-0.3, -0.25) is 0 Å². The van der Waals surface area contributed by atoms with Crippen molar-refractivity contribution < 1.29 is 9.47 Å². The van der Waals surface area contributed by atoms with E-state index in [0.29, 0.717) is 0 Å². The second kappa shape index (κ2) is 11.9. The lowest BCUT2D eigenvalue weighted by atomic mass is 9.95. The minimum atomic E-state index is 0.764. The molecule has 0 atom stereocenters. The summed E-state index contributed by atoms with van der Waals surface area (Å²) in [5.74, 6) is 3.09. The van der Waals surface area contributed by atoms with Crippen LogP contribution in [0.15, 0.2) is 188 Å². The maximum Gasteiger partial charge on any atom is 0.136 e. The summed E-state index contributed by atoms with van der Waals surface area (Å²) in [5.41, 5.74) is 11.8. The lowest BCUT2D eigenvalue weighted by Gasteiger charge is -2.22. The summed E-state index contributed by atoms with van der Waals surface area (Å²) in [4.78, 5) is 0. The van der Waals surface area contributed by atoms with Crippen molar-refractivity contribution in [3.05, 3.63) is 188 Å². The van der Waals surface area contributed by atoms with Gasteiger partial charge in [0.05, 0.1) is 11.0 Å². The van der Waals surface area contributed by atoms with Gasteiger partial charge >= 0.3 is 0 Å². The molecule has 0 unspecified atom stereocenters. The minimum absolute atomic E-state index is 0.764. The monoisotopic (exact) mass is 653 g/mol. The predicted octanol–water partition coefficient (Wildman–Crippen LogP) is 13.3. The van der Waals surface area contributed by atoms with Crippen LogP contribution < -0.4 is 9.47 Å². The highest BCUT2D eigenvalue weighted by Gasteiger charge is 2.22. The normalized spacial score (nSPS) is 11.8. The smallest absolute Gasteiger partial charge is 0.136 e. The van der Waals surface area contributed by atoms with Crippen LogP contribution in [0.2, 0.25) is 0 Å². The van der Waals surface area contributed by atoms with Crippen LogP contribution in [0.4, 0.5) is 0 Å². The fourth-order valence-electron chi connectivity index (χ4n) is 7.45. The van der Waals surface area contributed by atoms with Crippen molar-refractivity contribution in [1.29, 1.82) is 0 Å². The molecule has 1 aliphatic rings. The number of hydrogen-bond acceptors (Lipinski definition) is 2. The van der Waals surface area contributed by atoms with E-state index < -0.39 is 0 Å². The fraction of sp³-hybridized carbons (Fsp3) is 0. The van der Waals surface area contributed by atoms with Gasteiger partial charge in [-0.25, -0.2) is 0 Å². The van der Waals surface area contributed by atoms with Gasteiger partial charge in [0.25, 0.3) is 0 Å². The van der Waals surface area contributed by atoms with E-state index >= 15 is 0 Å². The molecule has 0 saturated carbocycles. The Bertz CT molecular complexity index is 2740. The molecule has 3 heteroatoms. The standard InChI is InChI=1S/C48H31NO2/c1-3-13-32(14-4-1)33-25-28-47-42(29-33)40-19-9-12-22-46(40)50-45-21-11-8-18-39(45)41-27-24-35(31-48(41)51-47)34-23-26-38-37-17-7-10-20-43(37)49(44(38)30-34)36-15-5-2-6-16-36/h1-31H. The highest BCUT2D eigenvalue weighted by atomic mass is 16.5. The van der Waals surface area contributed by atoms with Crippen molar-refractivity contribution in [2.45, 2.75) is 0 Å². The van der Waals surface area contributed by atoms with Gasteiger partial charge in [0.15, 0.2) is 0 Å². The molecule has 1 aromatic heterocycles. The van der Waals surface area contributed by atoms with E-state index in [4.69, 9.17) is 9.47 Å². The first-order chi connectivity index (χ1) is 25.3. The molecule has 0 saturated heterocycles. The van der Waals surface area contributed by atoms with Crippen LogP contribution in [0.5, 0.6) is 23.0 Å². The van der Waals surface area contributed by atoms with Gasteiger partial charge in [0.1, 0.15) is 23.0 Å². The van der Waals surface area contributed by atoms with Gasteiger partial charge in [-0.15, -0.1) is 0 Å². The number of fused-ring (bicyclic) bond motifs is 9. The Morgan fingerprint density at radius 1 is 0.294 bits per heavy atom. The number of benzene rings is 8. The number of nitrogens with zero attached hydrogens (tertiary/aromatic N) is 1. The summed E-state index contributed by atoms with van der Waals surface area (Å²) in [7, 11) is 0. The zero-order valence-electron chi connectivity index (χ0n) is 27.7. The molecule has 0 aliphatic carbocycles. The number of rotatable bonds is 3. The first-order valence-corrected chi connectivity index (χ1v) is 17.3. The lowest BCUT2D eigenvalue weighted by molar-refractivity contribution is 0.472. The van der Waals surface area contributed by atoms with Crippen molar-refractivity contribution in [2.24, 2.45) is 0 Å². The highest BCUT2D eigenvalue weighted by molar-refractivity contribution is 6.10. The van der Waals surface area contributed by atoms with Crippen LogP contribution >= 0.6 is 0 Å². The summed E-state index contributed by atoms with van der Waals surface area (Å²) in [6, 6.07) is 65.8. The Morgan fingerprint density at radius 3 is 1.63 bits per heavy atom. The Kier molecular flexibility index (Phi) is 6.81. The van der Waals surface area contributed by atoms with Crippen molar-refractivity contribution in [3.63, 3.8) is 0 Å². The lowest BCUT2D eigenvalue weighted by Crippen LogP contribution is -1.98. The topological polar surface area (TPSA) is 23.4 Å². The third-order valence-corrected chi connectivity index (χ3v) is 9.88. The molecular formula is C48H31NO2. The Morgan fingerprint density at radius 2 is 0.824 bits per heavy atom. The van der Waals surface area contributed by atoms with Gasteiger partial charge in [-0.05, 0) is 82.9 Å². The number of hydrogen-bond donors (Lipinski definition) is 0. The third kappa shape index (κ3) is 4.98. The molecule has 0 N–H and O–H groups in total. The van der Waals surface area contributed by atoms with Crippen LogP contribution in [0, 0.1) is 0 Å². The Balaban J connectivity index is 1.18. The molecule has 3 nitrogen and oxygen atoms in total. The minimum Gasteiger partial charge on any atom is -0.456 e. The van der Waals surface area contributed by atoms with E-state index in [1.165, 1.54) is 16.3 Å². The first-order valence-electron chi connectivity index (χ1n) is 17.3. The maximum atomic E-state index is 7.05. The van der Waals surface area contributed by atoms with Gasteiger partial charge < -0.3 is 14.0 Å². The molecule has 240 valence electrons. The Hall–Kier alpha value is -6.84. The second-order valence-corrected chi connectivity index (χ2v) is 12.9. The molecule has 0 spiro atoms. The zero-order chi connectivity index (χ0) is 33.7. The van der Waals surface area contributed by atoms with Gasteiger partial charge in [0, 0.05) is 38.7 Å². The van der Waals surface area contributed by atoms with E-state index in [0.717, 1.165) is 78.7 Å². The third-order valence-electron chi connectivity index (χ3n) is 9.88. The van der Waals surface area contributed by atoms with Crippen molar-refractivity contribution >= 4 is 21.8 Å². The molecule has 0 bridgehead atoms. The quantitative estimate of drug-likeness (QED) is 0.189. The van der Waals surface area contributed by atoms with Gasteiger partial charge in [0.2, 0.25) is 0 Å². The molecule has 51 heavy (non-hydrogen) atoms. The van der Waals surface area contributed by atoms with Crippen molar-refractivity contribution in [1.82, 2.24) is 4.57 Å². The van der Waals surface area contributed by atoms with E-state index in [2.05, 4.69) is 156 Å². The molecular weight excluding hydrogens is 623 g/mol. The Labute approximate surface area is 296 Å². The molecule has 10 rings (SSSR count). The first kappa shape index (κ1) is 29.1. The predicted molar refractivity (Wildman–Crippen MR) is 209 cm³/mol. The van der Waals surface area contributed by atoms with Crippen LogP contribution in [-0.4, -0.2) is 4.57 Å². The second-order valence-electron chi connectivity index (χ2n) is 12.9. The van der Waals surface area contributed by atoms with Crippen LogP contribution in [0.1, 0.15) is 0 Å². The number of aromatic nitrogens is 1. The van der Waals surface area contributed by atoms with Crippen molar-refractivity contribution in [2.75, 3.05) is 0 Å². The average molecular weight is 654 g/mol. The molecule has 8 aromatic carbocycles. The number of ether oxygens (including phenoxy) is 2. The zero-order valence-corrected chi connectivity index (χ0v) is 27.7. The summed E-state index contributed by atoms with van der Waals surface area (Å²) in [5, 5.41) is 2.46. The molecule has 0 radical (unpaired) electrons. The van der Waals surface area contributed by atoms with Crippen LogP contribution in [0.3, 0.4) is 0 Å². The molecule has 1 aliphatic heterocycles. The molecule has 2 heterocycles. The molecule has 0 fully saturated rings. The maximum absolute atomic E-state index is 7.05. The van der Waals surface area contributed by atoms with Crippen molar-refractivity contribution in [3.8, 4) is 73.2 Å². The molecule has 9 aromatic rings. The summed E-state index contributed by atoms with van der Waals surface area (Å²) < 4.78 is 16.2. The van der Waals surface area contributed by atoms with Gasteiger partial charge in [-0.1, -0.05) is 127 Å². The fourth-order valence-corrected chi connectivity index (χ4v) is 7.45. The summed E-state index contributed by atoms with van der Waals surface area (Å²) in [6.07, 6.45) is 0. The summed E-state index contributed by atoms with van der Waals surface area (Å²) in [6.45, 7) is 0. The van der Waals surface area contributed by atoms with Crippen LogP contribution in [-0.2, 0) is 0 Å². The SMILES string of the molecule is c1ccc(-c2ccc3c(c2)-c2ccccc2Oc2ccccc2-c2ccc(-c4ccc5c6ccccc6n(-c6ccccc6)c5c4)cc2O3)cc1. The van der Waals surface area contributed by atoms with E-state index in [-0.39, 0.29) is 0 Å². The van der Waals surface area contributed by atoms with Crippen LogP contribution in [0.25, 0.3) is 72.0 Å². The van der Waals surface area contributed by atoms with Gasteiger partial charge in [-0.2, -0.15) is 0 Å². The largest absolute Gasteiger partial charge is 0.456 e.